The van der Waals surface area contributed by atoms with Crippen molar-refractivity contribution in [2.75, 3.05) is 0 Å². The van der Waals surface area contributed by atoms with Gasteiger partial charge in [0.2, 0.25) is 5.91 Å². The second-order valence-corrected chi connectivity index (χ2v) is 6.52. The van der Waals surface area contributed by atoms with Gasteiger partial charge in [0.25, 0.3) is 0 Å². The third-order valence-corrected chi connectivity index (χ3v) is 4.68. The highest BCUT2D eigenvalue weighted by molar-refractivity contribution is 7.21. The Kier molecular flexibility index (Phi) is 5.08. The van der Waals surface area contributed by atoms with Gasteiger partial charge in [-0.15, -0.1) is 11.3 Å². The van der Waals surface area contributed by atoms with E-state index in [2.05, 4.69) is 23.3 Å². The molecule has 0 saturated heterocycles. The average Bonchev–Trinajstić information content (AvgIpc) is 3.19. The summed E-state index contributed by atoms with van der Waals surface area (Å²) in [5.41, 5.74) is 0.981. The molecule has 0 radical (unpaired) electrons. The first-order valence-corrected chi connectivity index (χ1v) is 8.79. The van der Waals surface area contributed by atoms with Crippen LogP contribution < -0.4 is 5.32 Å². The standard InChI is InChI=1S/C18H20N2O2S/c1-2-3-4-9-17(21)19-12-13-10-11-15(22-13)18-20-14-7-5-6-8-16(14)23-18/h5-8,10-11H,2-4,9,12H2,1H3,(H,19,21). The monoisotopic (exact) mass is 328 g/mol. The van der Waals surface area contributed by atoms with E-state index in [0.29, 0.717) is 13.0 Å². The summed E-state index contributed by atoms with van der Waals surface area (Å²) in [5, 5.41) is 3.77. The van der Waals surface area contributed by atoms with E-state index in [1.54, 1.807) is 11.3 Å². The van der Waals surface area contributed by atoms with E-state index in [1.165, 1.54) is 0 Å². The van der Waals surface area contributed by atoms with Gasteiger partial charge in [-0.25, -0.2) is 4.98 Å². The number of carbonyl (C=O) groups is 1. The third kappa shape index (κ3) is 3.99. The van der Waals surface area contributed by atoms with Crippen molar-refractivity contribution in [3.63, 3.8) is 0 Å². The van der Waals surface area contributed by atoms with Gasteiger partial charge in [0, 0.05) is 6.42 Å². The molecule has 4 nitrogen and oxygen atoms in total. The number of unbranched alkanes of at least 4 members (excludes halogenated alkanes) is 2. The fourth-order valence-electron chi connectivity index (χ4n) is 2.38. The van der Waals surface area contributed by atoms with Crippen molar-refractivity contribution in [2.45, 2.75) is 39.2 Å². The van der Waals surface area contributed by atoms with Crippen LogP contribution in [0.15, 0.2) is 40.8 Å². The van der Waals surface area contributed by atoms with Crippen LogP contribution >= 0.6 is 11.3 Å². The molecule has 0 spiro atoms. The molecule has 2 heterocycles. The van der Waals surface area contributed by atoms with Crippen LogP contribution in [0.3, 0.4) is 0 Å². The second-order valence-electron chi connectivity index (χ2n) is 5.49. The first-order valence-electron chi connectivity index (χ1n) is 7.97. The van der Waals surface area contributed by atoms with Crippen LogP contribution in [0.25, 0.3) is 21.0 Å². The van der Waals surface area contributed by atoms with E-state index in [0.717, 1.165) is 46.0 Å². The number of nitrogens with one attached hydrogen (secondary N) is 1. The van der Waals surface area contributed by atoms with Gasteiger partial charge in [-0.2, -0.15) is 0 Å². The van der Waals surface area contributed by atoms with Gasteiger partial charge in [0.15, 0.2) is 10.8 Å². The van der Waals surface area contributed by atoms with E-state index in [1.807, 2.05) is 30.3 Å². The maximum absolute atomic E-state index is 11.7. The van der Waals surface area contributed by atoms with E-state index in [4.69, 9.17) is 4.42 Å². The summed E-state index contributed by atoms with van der Waals surface area (Å²) in [6.45, 7) is 2.56. The lowest BCUT2D eigenvalue weighted by molar-refractivity contribution is -0.121. The molecule has 23 heavy (non-hydrogen) atoms. The van der Waals surface area contributed by atoms with Crippen molar-refractivity contribution in [1.82, 2.24) is 10.3 Å². The molecule has 5 heteroatoms. The maximum atomic E-state index is 11.7. The lowest BCUT2D eigenvalue weighted by atomic mass is 10.2. The second kappa shape index (κ2) is 7.42. The molecule has 0 aliphatic carbocycles. The summed E-state index contributed by atoms with van der Waals surface area (Å²) >= 11 is 1.61. The average molecular weight is 328 g/mol. The Morgan fingerprint density at radius 3 is 2.91 bits per heavy atom. The summed E-state index contributed by atoms with van der Waals surface area (Å²) in [6.07, 6.45) is 3.74. The molecule has 120 valence electrons. The van der Waals surface area contributed by atoms with Gasteiger partial charge in [-0.3, -0.25) is 4.79 Å². The Morgan fingerprint density at radius 1 is 1.22 bits per heavy atom. The molecule has 0 bridgehead atoms. The summed E-state index contributed by atoms with van der Waals surface area (Å²) < 4.78 is 6.95. The number of thiazole rings is 1. The molecule has 0 aliphatic heterocycles. The van der Waals surface area contributed by atoms with Gasteiger partial charge < -0.3 is 9.73 Å². The summed E-state index contributed by atoms with van der Waals surface area (Å²) in [4.78, 5) is 16.3. The number of benzene rings is 1. The van der Waals surface area contributed by atoms with Gasteiger partial charge in [0.05, 0.1) is 16.8 Å². The number of hydrogen-bond donors (Lipinski definition) is 1. The predicted octanol–water partition coefficient (Wildman–Crippen LogP) is 4.75. The van der Waals surface area contributed by atoms with Crippen LogP contribution in [0.5, 0.6) is 0 Å². The Balaban J connectivity index is 1.60. The summed E-state index contributed by atoms with van der Waals surface area (Å²) in [6, 6.07) is 11.8. The largest absolute Gasteiger partial charge is 0.457 e. The number of furan rings is 1. The minimum Gasteiger partial charge on any atom is -0.457 e. The van der Waals surface area contributed by atoms with Crippen LogP contribution in [0.1, 0.15) is 38.4 Å². The molecule has 3 rings (SSSR count). The first-order chi connectivity index (χ1) is 11.3. The Bertz CT molecular complexity index is 758. The smallest absolute Gasteiger partial charge is 0.220 e. The third-order valence-electron chi connectivity index (χ3n) is 3.63. The van der Waals surface area contributed by atoms with Crippen LogP contribution in [0.4, 0.5) is 0 Å². The van der Waals surface area contributed by atoms with Gasteiger partial charge in [-0.05, 0) is 30.7 Å². The van der Waals surface area contributed by atoms with Crippen molar-refractivity contribution < 1.29 is 9.21 Å². The van der Waals surface area contributed by atoms with Crippen molar-refractivity contribution in [3.05, 3.63) is 42.2 Å². The highest BCUT2D eigenvalue weighted by Crippen LogP contribution is 2.31. The molecule has 0 unspecified atom stereocenters. The van der Waals surface area contributed by atoms with Crippen molar-refractivity contribution in [1.29, 1.82) is 0 Å². The highest BCUT2D eigenvalue weighted by atomic mass is 32.1. The lowest BCUT2D eigenvalue weighted by Crippen LogP contribution is -2.21. The number of rotatable bonds is 7. The molecule has 2 aromatic heterocycles. The lowest BCUT2D eigenvalue weighted by Gasteiger charge is -2.02. The SMILES string of the molecule is CCCCCC(=O)NCc1ccc(-c2nc3ccccc3s2)o1. The minimum absolute atomic E-state index is 0.0800. The Morgan fingerprint density at radius 2 is 2.09 bits per heavy atom. The van der Waals surface area contributed by atoms with E-state index >= 15 is 0 Å². The molecule has 1 N–H and O–H groups in total. The topological polar surface area (TPSA) is 55.1 Å². The number of nitrogens with zero attached hydrogens (tertiary/aromatic N) is 1. The quantitative estimate of drug-likeness (QED) is 0.637. The molecule has 0 fully saturated rings. The highest BCUT2D eigenvalue weighted by Gasteiger charge is 2.11. The summed E-state index contributed by atoms with van der Waals surface area (Å²) in [7, 11) is 0. The number of carbonyl (C=O) groups excluding carboxylic acids is 1. The number of amides is 1. The normalized spacial score (nSPS) is 11.0. The fraction of sp³-hybridized carbons (Fsp3) is 0.333. The van der Waals surface area contributed by atoms with Crippen LogP contribution in [0.2, 0.25) is 0 Å². The maximum Gasteiger partial charge on any atom is 0.220 e. The van der Waals surface area contributed by atoms with Gasteiger partial charge in [0.1, 0.15) is 5.76 Å². The number of hydrogen-bond acceptors (Lipinski definition) is 4. The fourth-order valence-corrected chi connectivity index (χ4v) is 3.30. The molecule has 0 aliphatic rings. The minimum atomic E-state index is 0.0800. The zero-order valence-electron chi connectivity index (χ0n) is 13.2. The Labute approximate surface area is 139 Å². The molecular formula is C18H20N2O2S. The zero-order chi connectivity index (χ0) is 16.1. The van der Waals surface area contributed by atoms with Crippen LogP contribution in [0, 0.1) is 0 Å². The number of aromatic nitrogens is 1. The number of fused-ring (bicyclic) bond motifs is 1. The van der Waals surface area contributed by atoms with E-state index in [9.17, 15) is 4.79 Å². The molecule has 0 saturated carbocycles. The van der Waals surface area contributed by atoms with Crippen molar-refractivity contribution in [3.8, 4) is 10.8 Å². The summed E-state index contributed by atoms with van der Waals surface area (Å²) in [5.74, 6) is 1.58. The zero-order valence-corrected chi connectivity index (χ0v) is 14.0. The van der Waals surface area contributed by atoms with Gasteiger partial charge in [-0.1, -0.05) is 31.9 Å². The van der Waals surface area contributed by atoms with Crippen molar-refractivity contribution in [2.24, 2.45) is 0 Å². The predicted molar refractivity (Wildman–Crippen MR) is 93.3 cm³/mol. The Hall–Kier alpha value is -2.14. The van der Waals surface area contributed by atoms with Crippen LogP contribution in [-0.2, 0) is 11.3 Å². The molecule has 0 atom stereocenters. The first kappa shape index (κ1) is 15.7. The van der Waals surface area contributed by atoms with E-state index in [-0.39, 0.29) is 5.91 Å². The van der Waals surface area contributed by atoms with E-state index < -0.39 is 0 Å². The van der Waals surface area contributed by atoms with Crippen molar-refractivity contribution >= 4 is 27.5 Å². The molecule has 3 aromatic rings. The molecular weight excluding hydrogens is 308 g/mol. The number of para-hydroxylation sites is 1. The van der Waals surface area contributed by atoms with Crippen LogP contribution in [-0.4, -0.2) is 10.9 Å². The molecule has 1 aromatic carbocycles. The van der Waals surface area contributed by atoms with Gasteiger partial charge >= 0.3 is 0 Å². The molecule has 1 amide bonds.